The molecule has 1 fully saturated rings. The molecule has 7 heteroatoms. The molecule has 2 aromatic heterocycles. The minimum Gasteiger partial charge on any atom is -0.481 e. The van der Waals surface area contributed by atoms with Crippen LogP contribution in [-0.4, -0.2) is 47.3 Å². The lowest BCUT2D eigenvalue weighted by molar-refractivity contribution is 0.0819. The Bertz CT molecular complexity index is 672. The van der Waals surface area contributed by atoms with Crippen LogP contribution >= 0.6 is 0 Å². The number of pyridine rings is 2. The average molecular weight is 342 g/mol. The fourth-order valence-corrected chi connectivity index (χ4v) is 2.74. The predicted octanol–water partition coefficient (Wildman–Crippen LogP) is 2.70. The zero-order valence-electron chi connectivity index (χ0n) is 14.2. The number of carbonyl (C=O) groups excluding carboxylic acids is 1. The quantitative estimate of drug-likeness (QED) is 0.873. The highest BCUT2D eigenvalue weighted by molar-refractivity contribution is 5.89. The van der Waals surface area contributed by atoms with Gasteiger partial charge in [-0.05, 0) is 36.6 Å². The summed E-state index contributed by atoms with van der Waals surface area (Å²) in [5, 5.41) is 2.89. The summed E-state index contributed by atoms with van der Waals surface area (Å²) in [5.41, 5.74) is 1.65. The van der Waals surface area contributed by atoms with Crippen molar-refractivity contribution in [2.24, 2.45) is 0 Å². The van der Waals surface area contributed by atoms with Gasteiger partial charge in [-0.3, -0.25) is 4.98 Å². The fraction of sp³-hybridized carbons (Fsp3) is 0.389. The molecule has 0 radical (unpaired) electrons. The van der Waals surface area contributed by atoms with Gasteiger partial charge in [-0.15, -0.1) is 0 Å². The lowest BCUT2D eigenvalue weighted by atomic mass is 10.2. The number of rotatable bonds is 6. The molecule has 2 amide bonds. The number of aromatic nitrogens is 2. The van der Waals surface area contributed by atoms with Gasteiger partial charge in [0.25, 0.3) is 0 Å². The highest BCUT2D eigenvalue weighted by atomic mass is 16.5. The lowest BCUT2D eigenvalue weighted by Crippen LogP contribution is -2.39. The third-order valence-electron chi connectivity index (χ3n) is 4.05. The van der Waals surface area contributed by atoms with Crippen molar-refractivity contribution in [3.63, 3.8) is 0 Å². The molecule has 25 heavy (non-hydrogen) atoms. The first-order valence-electron chi connectivity index (χ1n) is 8.31. The van der Waals surface area contributed by atoms with Gasteiger partial charge in [-0.25, -0.2) is 9.78 Å². The van der Waals surface area contributed by atoms with Gasteiger partial charge < -0.3 is 19.7 Å². The van der Waals surface area contributed by atoms with Crippen LogP contribution in [0.25, 0.3) is 0 Å². The molecule has 0 saturated carbocycles. The highest BCUT2D eigenvalue weighted by Gasteiger charge is 2.23. The van der Waals surface area contributed by atoms with Crippen LogP contribution in [0.4, 0.5) is 10.5 Å². The van der Waals surface area contributed by atoms with E-state index < -0.39 is 0 Å². The zero-order chi connectivity index (χ0) is 17.5. The molecular weight excluding hydrogens is 320 g/mol. The van der Waals surface area contributed by atoms with Crippen LogP contribution in [0.5, 0.6) is 5.88 Å². The minimum absolute atomic E-state index is 0.0848. The van der Waals surface area contributed by atoms with Crippen LogP contribution in [0.1, 0.15) is 18.4 Å². The van der Waals surface area contributed by atoms with Gasteiger partial charge >= 0.3 is 6.03 Å². The van der Waals surface area contributed by atoms with Crippen LogP contribution in [0.2, 0.25) is 0 Å². The van der Waals surface area contributed by atoms with Gasteiger partial charge in [0.2, 0.25) is 5.88 Å². The van der Waals surface area contributed by atoms with Crippen LogP contribution in [-0.2, 0) is 11.3 Å². The average Bonchev–Trinajstić information content (AvgIpc) is 3.16. The molecule has 1 saturated heterocycles. The Morgan fingerprint density at radius 1 is 1.36 bits per heavy atom. The van der Waals surface area contributed by atoms with Crippen LogP contribution in [0.3, 0.4) is 0 Å². The Morgan fingerprint density at radius 2 is 2.20 bits per heavy atom. The number of amides is 2. The third-order valence-corrected chi connectivity index (χ3v) is 4.05. The molecule has 3 heterocycles. The van der Waals surface area contributed by atoms with E-state index >= 15 is 0 Å². The second kappa shape index (κ2) is 8.43. The summed E-state index contributed by atoms with van der Waals surface area (Å²) in [5.74, 6) is 0.506. The third kappa shape index (κ3) is 4.90. The molecule has 0 bridgehead atoms. The SMILES string of the molecule is COc1ccc(NC(=O)N(Cc2ccncc2)CC2CCCO2)cn1. The maximum absolute atomic E-state index is 12.7. The molecule has 1 aliphatic heterocycles. The van der Waals surface area contributed by atoms with Crippen LogP contribution in [0, 0.1) is 0 Å². The second-order valence-corrected chi connectivity index (χ2v) is 5.89. The largest absolute Gasteiger partial charge is 0.481 e. The fourth-order valence-electron chi connectivity index (χ4n) is 2.74. The molecule has 132 valence electrons. The van der Waals surface area contributed by atoms with Crippen molar-refractivity contribution in [3.05, 3.63) is 48.4 Å². The first-order chi connectivity index (χ1) is 12.2. The van der Waals surface area contributed by atoms with E-state index in [1.807, 2.05) is 12.1 Å². The lowest BCUT2D eigenvalue weighted by Gasteiger charge is -2.25. The maximum Gasteiger partial charge on any atom is 0.322 e. The number of anilines is 1. The number of methoxy groups -OCH3 is 1. The monoisotopic (exact) mass is 342 g/mol. The molecular formula is C18H22N4O3. The van der Waals surface area contributed by atoms with Crippen LogP contribution in [0.15, 0.2) is 42.9 Å². The molecule has 0 aromatic carbocycles. The van der Waals surface area contributed by atoms with E-state index in [2.05, 4.69) is 15.3 Å². The molecule has 1 N–H and O–H groups in total. The van der Waals surface area contributed by atoms with Gasteiger partial charge in [0.05, 0.1) is 25.1 Å². The summed E-state index contributed by atoms with van der Waals surface area (Å²) in [4.78, 5) is 22.6. The Morgan fingerprint density at radius 3 is 2.84 bits per heavy atom. The molecule has 2 aromatic rings. The van der Waals surface area contributed by atoms with Crippen molar-refractivity contribution >= 4 is 11.7 Å². The maximum atomic E-state index is 12.7. The van der Waals surface area contributed by atoms with E-state index in [9.17, 15) is 4.79 Å². The minimum atomic E-state index is -0.181. The van der Waals surface area contributed by atoms with E-state index in [0.717, 1.165) is 25.0 Å². The van der Waals surface area contributed by atoms with Gasteiger partial charge in [0.15, 0.2) is 0 Å². The molecule has 1 aliphatic rings. The first-order valence-corrected chi connectivity index (χ1v) is 8.31. The number of ether oxygens (including phenoxy) is 2. The topological polar surface area (TPSA) is 76.6 Å². The number of hydrogen-bond acceptors (Lipinski definition) is 5. The number of hydrogen-bond donors (Lipinski definition) is 1. The Kier molecular flexibility index (Phi) is 5.79. The number of carbonyl (C=O) groups is 1. The Labute approximate surface area is 147 Å². The Balaban J connectivity index is 1.68. The zero-order valence-corrected chi connectivity index (χ0v) is 14.2. The van der Waals surface area contributed by atoms with E-state index in [4.69, 9.17) is 9.47 Å². The van der Waals surface area contributed by atoms with E-state index in [0.29, 0.717) is 24.7 Å². The van der Waals surface area contributed by atoms with Crippen LogP contribution < -0.4 is 10.1 Å². The van der Waals surface area contributed by atoms with Gasteiger partial charge in [-0.1, -0.05) is 0 Å². The highest BCUT2D eigenvalue weighted by Crippen LogP contribution is 2.17. The van der Waals surface area contributed by atoms with E-state index in [-0.39, 0.29) is 12.1 Å². The van der Waals surface area contributed by atoms with Gasteiger partial charge in [-0.2, -0.15) is 0 Å². The smallest absolute Gasteiger partial charge is 0.322 e. The van der Waals surface area contributed by atoms with Crippen molar-refractivity contribution < 1.29 is 14.3 Å². The number of nitrogens with one attached hydrogen (secondary N) is 1. The van der Waals surface area contributed by atoms with Crippen molar-refractivity contribution in [2.45, 2.75) is 25.5 Å². The van der Waals surface area contributed by atoms with E-state index in [1.165, 1.54) is 0 Å². The predicted molar refractivity (Wildman–Crippen MR) is 93.4 cm³/mol. The number of urea groups is 1. The number of nitrogens with zero attached hydrogens (tertiary/aromatic N) is 3. The molecule has 0 spiro atoms. The Hall–Kier alpha value is -2.67. The molecule has 3 rings (SSSR count). The van der Waals surface area contributed by atoms with E-state index in [1.54, 1.807) is 42.7 Å². The summed E-state index contributed by atoms with van der Waals surface area (Å²) in [6.45, 7) is 1.81. The first kappa shape index (κ1) is 17.2. The second-order valence-electron chi connectivity index (χ2n) is 5.89. The normalized spacial score (nSPS) is 16.4. The summed E-state index contributed by atoms with van der Waals surface area (Å²) >= 11 is 0. The van der Waals surface area contributed by atoms with Crippen molar-refractivity contribution in [2.75, 3.05) is 25.6 Å². The molecule has 0 aliphatic carbocycles. The summed E-state index contributed by atoms with van der Waals surface area (Å²) in [6, 6.07) is 7.11. The van der Waals surface area contributed by atoms with Gasteiger partial charge in [0, 0.05) is 38.2 Å². The van der Waals surface area contributed by atoms with Crippen molar-refractivity contribution in [1.29, 1.82) is 0 Å². The standard InChI is InChI=1S/C18H22N4O3/c1-24-17-5-4-15(11-20-17)21-18(23)22(13-16-3-2-10-25-16)12-14-6-8-19-9-7-14/h4-9,11,16H,2-3,10,12-13H2,1H3,(H,21,23). The summed E-state index contributed by atoms with van der Waals surface area (Å²) in [7, 11) is 1.55. The molecule has 7 nitrogen and oxygen atoms in total. The summed E-state index contributed by atoms with van der Waals surface area (Å²) < 4.78 is 10.7. The van der Waals surface area contributed by atoms with Crippen molar-refractivity contribution in [1.82, 2.24) is 14.9 Å². The van der Waals surface area contributed by atoms with Gasteiger partial charge in [0.1, 0.15) is 0 Å². The summed E-state index contributed by atoms with van der Waals surface area (Å²) in [6.07, 6.45) is 7.13. The molecule has 1 atom stereocenters. The van der Waals surface area contributed by atoms with Crippen molar-refractivity contribution in [3.8, 4) is 5.88 Å². The molecule has 1 unspecified atom stereocenters.